The van der Waals surface area contributed by atoms with Crippen molar-refractivity contribution in [2.75, 3.05) is 5.73 Å². The Morgan fingerprint density at radius 3 is 2.06 bits per heavy atom. The molecule has 0 aliphatic rings. The van der Waals surface area contributed by atoms with Crippen molar-refractivity contribution in [3.63, 3.8) is 0 Å². The van der Waals surface area contributed by atoms with E-state index in [0.717, 1.165) is 10.5 Å². The number of amides is 1. The van der Waals surface area contributed by atoms with E-state index in [9.17, 15) is 19.7 Å². The van der Waals surface area contributed by atoms with Gasteiger partial charge in [0.2, 0.25) is 5.13 Å². The molecule has 0 aliphatic heterocycles. The molecule has 1 aromatic heterocycles. The maximum absolute atomic E-state index is 10.3. The van der Waals surface area contributed by atoms with Crippen LogP contribution in [0.25, 0.3) is 0 Å². The standard InChI is InChI=1S/C9H10N2O5.C7H6O2S.C2H3N3S2/c10-9(12)15-5-7-1-3-8(4-2-7)6-16-11(13)14;8-7(9)5-1-3-6(10)4-2-5;3-1-4-5-2(6)7-1/h1-4H,5-6H2,(H2,10,12);1-4,10H,(H,8,9);(H2,3,4)(H,5,6). The summed E-state index contributed by atoms with van der Waals surface area (Å²) in [6, 6.07) is 12.9. The number of rotatable bonds is 6. The zero-order valence-electron chi connectivity index (χ0n) is 16.7. The lowest BCUT2D eigenvalue weighted by molar-refractivity contribution is -0.763. The van der Waals surface area contributed by atoms with E-state index in [1.165, 1.54) is 23.5 Å². The first-order valence-electron chi connectivity index (χ1n) is 8.67. The van der Waals surface area contributed by atoms with Crippen LogP contribution in [0.1, 0.15) is 21.5 Å². The number of nitrogens with two attached hydrogens (primary N) is 2. The minimum Gasteiger partial charge on any atom is -0.478 e. The van der Waals surface area contributed by atoms with Crippen molar-refractivity contribution in [2.24, 2.45) is 5.73 Å². The van der Waals surface area contributed by atoms with Crippen molar-refractivity contribution >= 4 is 53.4 Å². The van der Waals surface area contributed by atoms with Gasteiger partial charge in [-0.25, -0.2) is 9.59 Å². The molecule has 15 heteroatoms. The molecule has 0 bridgehead atoms. The van der Waals surface area contributed by atoms with Crippen LogP contribution in [0.15, 0.2) is 53.4 Å². The molecule has 176 valence electrons. The molecule has 1 heterocycles. The van der Waals surface area contributed by atoms with Gasteiger partial charge in [0.1, 0.15) is 13.2 Å². The fourth-order valence-electron chi connectivity index (χ4n) is 1.86. The number of carboxylic acids is 1. The molecule has 0 saturated carbocycles. The molecule has 3 rings (SSSR count). The number of carboxylic acid groups (broad SMARTS) is 1. The minimum absolute atomic E-state index is 0.0751. The van der Waals surface area contributed by atoms with Gasteiger partial charge in [-0.05, 0) is 47.6 Å². The molecule has 0 saturated heterocycles. The normalized spacial score (nSPS) is 9.36. The Labute approximate surface area is 201 Å². The van der Waals surface area contributed by atoms with Gasteiger partial charge in [0.25, 0.3) is 5.09 Å². The van der Waals surface area contributed by atoms with Crippen molar-refractivity contribution in [2.45, 2.75) is 18.1 Å². The first-order valence-corrected chi connectivity index (χ1v) is 10.3. The zero-order valence-corrected chi connectivity index (χ0v) is 19.3. The van der Waals surface area contributed by atoms with Crippen LogP contribution in [-0.2, 0) is 22.8 Å². The largest absolute Gasteiger partial charge is 0.478 e. The van der Waals surface area contributed by atoms with Gasteiger partial charge in [0, 0.05) is 4.90 Å². The van der Waals surface area contributed by atoms with E-state index in [-0.39, 0.29) is 18.8 Å². The number of H-pyrrole nitrogens is 1. The monoisotopic (exact) mass is 513 g/mol. The predicted molar refractivity (Wildman–Crippen MR) is 125 cm³/mol. The van der Waals surface area contributed by atoms with Crippen LogP contribution in [0, 0.1) is 14.1 Å². The van der Waals surface area contributed by atoms with Gasteiger partial charge in [-0.2, -0.15) is 0 Å². The number of anilines is 1. The second-order valence-corrected chi connectivity index (χ2v) is 7.94. The van der Waals surface area contributed by atoms with Crippen LogP contribution >= 0.6 is 36.2 Å². The first-order chi connectivity index (χ1) is 15.6. The van der Waals surface area contributed by atoms with E-state index in [0.29, 0.717) is 14.6 Å². The Bertz CT molecular complexity index is 1060. The third-order valence-electron chi connectivity index (χ3n) is 3.31. The summed E-state index contributed by atoms with van der Waals surface area (Å²) in [5.74, 6) is -0.909. The number of nitrogens with one attached hydrogen (secondary N) is 1. The Morgan fingerprint density at radius 1 is 1.15 bits per heavy atom. The quantitative estimate of drug-likeness (QED) is 0.141. The number of aromatic nitrogens is 2. The van der Waals surface area contributed by atoms with E-state index < -0.39 is 17.1 Å². The SMILES string of the molecule is NC(=O)OCc1ccc(CO[N+](=O)[O-])cc1.Nc1n[nH]c(=S)s1.O=C(O)c1ccc(S)cc1. The molecule has 33 heavy (non-hydrogen) atoms. The van der Waals surface area contributed by atoms with Gasteiger partial charge in [-0.1, -0.05) is 35.6 Å². The third-order valence-corrected chi connectivity index (χ3v) is 4.53. The number of nitrogen functional groups attached to an aromatic ring is 1. The fraction of sp³-hybridized carbons (Fsp3) is 0.111. The molecular formula is C18H19N5O7S3. The van der Waals surface area contributed by atoms with Crippen LogP contribution in [0.3, 0.4) is 0 Å². The smallest absolute Gasteiger partial charge is 0.404 e. The van der Waals surface area contributed by atoms with Crippen LogP contribution in [0.4, 0.5) is 9.93 Å². The van der Waals surface area contributed by atoms with Gasteiger partial charge < -0.3 is 26.1 Å². The summed E-state index contributed by atoms with van der Waals surface area (Å²) >= 11 is 9.93. The number of aromatic amines is 1. The lowest BCUT2D eigenvalue weighted by Crippen LogP contribution is -2.12. The van der Waals surface area contributed by atoms with Crippen molar-refractivity contribution in [3.05, 3.63) is 79.3 Å². The van der Waals surface area contributed by atoms with E-state index >= 15 is 0 Å². The van der Waals surface area contributed by atoms with Crippen LogP contribution < -0.4 is 11.5 Å². The van der Waals surface area contributed by atoms with Gasteiger partial charge >= 0.3 is 12.1 Å². The summed E-state index contributed by atoms with van der Waals surface area (Å²) in [5.41, 5.74) is 11.7. The molecule has 3 aromatic rings. The number of thiol groups is 1. The van der Waals surface area contributed by atoms with Gasteiger partial charge in [0.05, 0.1) is 5.56 Å². The summed E-state index contributed by atoms with van der Waals surface area (Å²) in [4.78, 5) is 35.5. The highest BCUT2D eigenvalue weighted by Crippen LogP contribution is 2.08. The van der Waals surface area contributed by atoms with Gasteiger partial charge in [-0.3, -0.25) is 5.10 Å². The minimum atomic E-state index is -0.909. The molecule has 0 spiro atoms. The molecule has 0 unspecified atom stereocenters. The topological polar surface area (TPSA) is 197 Å². The van der Waals surface area contributed by atoms with Crippen molar-refractivity contribution in [1.82, 2.24) is 10.2 Å². The maximum Gasteiger partial charge on any atom is 0.404 e. The Balaban J connectivity index is 0.000000271. The molecule has 2 aromatic carbocycles. The highest BCUT2D eigenvalue weighted by atomic mass is 32.1. The average molecular weight is 514 g/mol. The summed E-state index contributed by atoms with van der Waals surface area (Å²) in [6.45, 7) is -0.0321. The predicted octanol–water partition coefficient (Wildman–Crippen LogP) is 3.45. The fourth-order valence-corrected chi connectivity index (χ4v) is 2.68. The number of carbonyl (C=O) groups is 2. The molecule has 6 N–H and O–H groups in total. The van der Waals surface area contributed by atoms with Crippen molar-refractivity contribution < 1.29 is 29.4 Å². The lowest BCUT2D eigenvalue weighted by Gasteiger charge is -2.03. The molecule has 12 nitrogen and oxygen atoms in total. The van der Waals surface area contributed by atoms with Gasteiger partial charge in [0.15, 0.2) is 3.95 Å². The molecule has 0 radical (unpaired) electrons. The summed E-state index contributed by atoms with van der Waals surface area (Å²) in [7, 11) is 0. The van der Waals surface area contributed by atoms with Crippen molar-refractivity contribution in [1.29, 1.82) is 0 Å². The van der Waals surface area contributed by atoms with Crippen LogP contribution in [0.2, 0.25) is 0 Å². The van der Waals surface area contributed by atoms with E-state index in [4.69, 9.17) is 16.6 Å². The number of benzene rings is 2. The molecular weight excluding hydrogens is 494 g/mol. The number of primary amides is 1. The first kappa shape index (κ1) is 27.3. The van der Waals surface area contributed by atoms with Gasteiger partial charge in [-0.15, -0.1) is 27.8 Å². The number of ether oxygens (including phenoxy) is 1. The lowest BCUT2D eigenvalue weighted by atomic mass is 10.1. The van der Waals surface area contributed by atoms with E-state index in [1.54, 1.807) is 36.4 Å². The summed E-state index contributed by atoms with van der Waals surface area (Å²) in [5, 5.41) is 24.1. The number of aromatic carboxylic acids is 1. The molecule has 1 amide bonds. The Kier molecular flexibility index (Phi) is 11.9. The molecule has 0 atom stereocenters. The van der Waals surface area contributed by atoms with E-state index in [1.807, 2.05) is 0 Å². The molecule has 0 fully saturated rings. The van der Waals surface area contributed by atoms with Crippen LogP contribution in [0.5, 0.6) is 0 Å². The van der Waals surface area contributed by atoms with Crippen LogP contribution in [-0.4, -0.2) is 32.5 Å². The number of carbonyl (C=O) groups excluding carboxylic acids is 1. The highest BCUT2D eigenvalue weighted by molar-refractivity contribution is 7.80. The summed E-state index contributed by atoms with van der Waals surface area (Å²) < 4.78 is 5.19. The van der Waals surface area contributed by atoms with E-state index in [2.05, 4.69) is 44.6 Å². The maximum atomic E-state index is 10.3. The third kappa shape index (κ3) is 12.7. The average Bonchev–Trinajstić information content (AvgIpc) is 3.15. The Hall–Kier alpha value is -3.69. The second-order valence-electron chi connectivity index (χ2n) is 5.72. The zero-order chi connectivity index (χ0) is 24.8. The second kappa shape index (κ2) is 14.4. The molecule has 0 aliphatic carbocycles. The number of hydrogen-bond acceptors (Lipinski definition) is 11. The highest BCUT2D eigenvalue weighted by Gasteiger charge is 2.00. The number of hydrogen-bond donors (Lipinski definition) is 5. The number of nitrogens with zero attached hydrogens (tertiary/aromatic N) is 2. The van der Waals surface area contributed by atoms with Crippen molar-refractivity contribution in [3.8, 4) is 0 Å². The Morgan fingerprint density at radius 2 is 1.70 bits per heavy atom. The summed E-state index contributed by atoms with van der Waals surface area (Å²) in [6.07, 6.45) is -0.847.